The van der Waals surface area contributed by atoms with E-state index < -0.39 is 0 Å². The summed E-state index contributed by atoms with van der Waals surface area (Å²) in [7, 11) is 0. The minimum atomic E-state index is 0.0953. The molecule has 0 atom stereocenters. The average molecular weight is 412 g/mol. The Bertz CT molecular complexity index is 910. The summed E-state index contributed by atoms with van der Waals surface area (Å²) >= 11 is 0. The molecule has 0 aromatic carbocycles. The summed E-state index contributed by atoms with van der Waals surface area (Å²) in [6, 6.07) is 3.02. The van der Waals surface area contributed by atoms with Crippen LogP contribution in [0.15, 0.2) is 12.3 Å². The van der Waals surface area contributed by atoms with Crippen LogP contribution < -0.4 is 15.5 Å². The third-order valence-corrected chi connectivity index (χ3v) is 6.69. The summed E-state index contributed by atoms with van der Waals surface area (Å²) in [6.45, 7) is 9.61. The van der Waals surface area contributed by atoms with Gasteiger partial charge in [0, 0.05) is 62.9 Å². The number of amides is 1. The fourth-order valence-corrected chi connectivity index (χ4v) is 5.14. The molecule has 0 radical (unpaired) electrons. The average Bonchev–Trinajstić information content (AvgIpc) is 3.03. The standard InChI is InChI=1S/C22H33N7O/c1-15(2)25-17-6-11-27(12-7-17)22(30)16-13-28(14-16)21-18-3-8-23-9-4-19(18)26-20-5-10-24-29(20)21/h5,10,15-17,23,25H,3-4,6-9,11-14H2,1-2H3. The smallest absolute Gasteiger partial charge is 0.229 e. The molecular weight excluding hydrogens is 378 g/mol. The van der Waals surface area contributed by atoms with Gasteiger partial charge in [0.2, 0.25) is 5.91 Å². The second kappa shape index (κ2) is 8.15. The van der Waals surface area contributed by atoms with Gasteiger partial charge in [-0.05, 0) is 25.8 Å². The predicted octanol–water partition coefficient (Wildman–Crippen LogP) is 0.843. The predicted molar refractivity (Wildman–Crippen MR) is 117 cm³/mol. The van der Waals surface area contributed by atoms with Gasteiger partial charge in [0.25, 0.3) is 0 Å². The molecule has 1 amide bonds. The van der Waals surface area contributed by atoms with Crippen molar-refractivity contribution >= 4 is 17.4 Å². The lowest BCUT2D eigenvalue weighted by atomic mass is 9.95. The minimum absolute atomic E-state index is 0.0953. The second-order valence-electron chi connectivity index (χ2n) is 9.23. The molecule has 5 heterocycles. The SMILES string of the molecule is CC(C)NC1CCN(C(=O)C2CN(c3c4c(nc5ccnn35)CCNCC4)C2)CC1. The van der Waals surface area contributed by atoms with E-state index in [-0.39, 0.29) is 5.92 Å². The molecule has 2 aromatic rings. The first-order chi connectivity index (χ1) is 14.6. The van der Waals surface area contributed by atoms with Crippen LogP contribution in [0.3, 0.4) is 0 Å². The number of rotatable bonds is 4. The van der Waals surface area contributed by atoms with Gasteiger partial charge >= 0.3 is 0 Å². The highest BCUT2D eigenvalue weighted by Gasteiger charge is 2.39. The molecule has 8 nitrogen and oxygen atoms in total. The van der Waals surface area contributed by atoms with Crippen molar-refractivity contribution in [2.45, 2.75) is 51.6 Å². The number of fused-ring (bicyclic) bond motifs is 2. The maximum absolute atomic E-state index is 13.1. The highest BCUT2D eigenvalue weighted by Crippen LogP contribution is 2.32. The number of carbonyl (C=O) groups excluding carboxylic acids is 1. The summed E-state index contributed by atoms with van der Waals surface area (Å²) in [5.74, 6) is 1.57. The molecule has 2 saturated heterocycles. The molecule has 0 spiro atoms. The van der Waals surface area contributed by atoms with E-state index in [2.05, 4.69) is 39.4 Å². The highest BCUT2D eigenvalue weighted by molar-refractivity contribution is 5.82. The number of piperidine rings is 1. The van der Waals surface area contributed by atoms with Crippen LogP contribution >= 0.6 is 0 Å². The third-order valence-electron chi connectivity index (χ3n) is 6.69. The van der Waals surface area contributed by atoms with Gasteiger partial charge in [-0.2, -0.15) is 9.61 Å². The van der Waals surface area contributed by atoms with E-state index in [1.807, 2.05) is 16.8 Å². The number of carbonyl (C=O) groups is 1. The van der Waals surface area contributed by atoms with Crippen LogP contribution in [0.25, 0.3) is 5.65 Å². The van der Waals surface area contributed by atoms with Crippen LogP contribution in [0, 0.1) is 5.92 Å². The van der Waals surface area contributed by atoms with Gasteiger partial charge in [-0.15, -0.1) is 0 Å². The van der Waals surface area contributed by atoms with Crippen LogP contribution in [0.5, 0.6) is 0 Å². The van der Waals surface area contributed by atoms with Crippen molar-refractivity contribution in [2.75, 3.05) is 44.2 Å². The molecule has 0 aliphatic carbocycles. The Balaban J connectivity index is 1.27. The summed E-state index contributed by atoms with van der Waals surface area (Å²) in [6.07, 6.45) is 5.83. The summed E-state index contributed by atoms with van der Waals surface area (Å²) in [4.78, 5) is 22.3. The lowest BCUT2D eigenvalue weighted by Crippen LogP contribution is -2.57. The van der Waals surface area contributed by atoms with Crippen molar-refractivity contribution in [3.63, 3.8) is 0 Å². The molecule has 3 aliphatic heterocycles. The quantitative estimate of drug-likeness (QED) is 0.777. The molecule has 2 fully saturated rings. The number of nitrogens with one attached hydrogen (secondary N) is 2. The highest BCUT2D eigenvalue weighted by atomic mass is 16.2. The van der Waals surface area contributed by atoms with E-state index in [0.717, 1.165) is 76.4 Å². The number of hydrogen-bond donors (Lipinski definition) is 2. The minimum Gasteiger partial charge on any atom is -0.354 e. The number of hydrogen-bond acceptors (Lipinski definition) is 6. The number of anilines is 1. The van der Waals surface area contributed by atoms with E-state index in [1.54, 1.807) is 0 Å². The molecule has 0 unspecified atom stereocenters. The molecule has 0 bridgehead atoms. The van der Waals surface area contributed by atoms with Crippen molar-refractivity contribution in [1.82, 2.24) is 30.1 Å². The van der Waals surface area contributed by atoms with Crippen LogP contribution in [-0.4, -0.2) is 76.8 Å². The lowest BCUT2D eigenvalue weighted by Gasteiger charge is -2.44. The van der Waals surface area contributed by atoms with Crippen molar-refractivity contribution in [1.29, 1.82) is 0 Å². The van der Waals surface area contributed by atoms with Crippen molar-refractivity contribution in [3.8, 4) is 0 Å². The second-order valence-corrected chi connectivity index (χ2v) is 9.23. The first kappa shape index (κ1) is 19.8. The maximum Gasteiger partial charge on any atom is 0.229 e. The lowest BCUT2D eigenvalue weighted by molar-refractivity contribution is -0.137. The van der Waals surface area contributed by atoms with Crippen molar-refractivity contribution < 1.29 is 4.79 Å². The Labute approximate surface area is 178 Å². The maximum atomic E-state index is 13.1. The van der Waals surface area contributed by atoms with Crippen LogP contribution in [0.4, 0.5) is 5.82 Å². The Morgan fingerprint density at radius 1 is 1.20 bits per heavy atom. The van der Waals surface area contributed by atoms with E-state index in [4.69, 9.17) is 4.98 Å². The van der Waals surface area contributed by atoms with Gasteiger partial charge in [0.15, 0.2) is 5.65 Å². The molecule has 162 valence electrons. The Kier molecular flexibility index (Phi) is 5.37. The largest absolute Gasteiger partial charge is 0.354 e. The topological polar surface area (TPSA) is 77.8 Å². The van der Waals surface area contributed by atoms with Gasteiger partial charge in [-0.3, -0.25) is 4.79 Å². The number of nitrogens with zero attached hydrogens (tertiary/aromatic N) is 5. The first-order valence-corrected chi connectivity index (χ1v) is 11.5. The Morgan fingerprint density at radius 3 is 2.73 bits per heavy atom. The zero-order valence-electron chi connectivity index (χ0n) is 18.1. The molecule has 2 aromatic heterocycles. The van der Waals surface area contributed by atoms with Gasteiger partial charge < -0.3 is 20.4 Å². The van der Waals surface area contributed by atoms with Crippen molar-refractivity contribution in [3.05, 3.63) is 23.5 Å². The van der Waals surface area contributed by atoms with Gasteiger partial charge in [-0.25, -0.2) is 4.98 Å². The normalized spacial score (nSPS) is 21.0. The zero-order valence-corrected chi connectivity index (χ0v) is 18.1. The first-order valence-electron chi connectivity index (χ1n) is 11.5. The molecule has 0 saturated carbocycles. The molecule has 30 heavy (non-hydrogen) atoms. The van der Waals surface area contributed by atoms with Crippen LogP contribution in [0.1, 0.15) is 37.9 Å². The molecule has 2 N–H and O–H groups in total. The van der Waals surface area contributed by atoms with Gasteiger partial charge in [0.05, 0.1) is 17.8 Å². The third kappa shape index (κ3) is 3.67. The fourth-order valence-electron chi connectivity index (χ4n) is 5.14. The molecule has 8 heteroatoms. The molecule has 3 aliphatic rings. The van der Waals surface area contributed by atoms with E-state index in [9.17, 15) is 4.79 Å². The summed E-state index contributed by atoms with van der Waals surface area (Å²) in [5.41, 5.74) is 3.38. The fraction of sp³-hybridized carbons (Fsp3) is 0.682. The van der Waals surface area contributed by atoms with Crippen molar-refractivity contribution in [2.24, 2.45) is 5.92 Å². The molecule has 5 rings (SSSR count). The van der Waals surface area contributed by atoms with Crippen LogP contribution in [0.2, 0.25) is 0 Å². The Morgan fingerprint density at radius 2 is 1.97 bits per heavy atom. The summed E-state index contributed by atoms with van der Waals surface area (Å²) in [5, 5.41) is 11.6. The van der Waals surface area contributed by atoms with E-state index >= 15 is 0 Å². The number of aromatic nitrogens is 3. The Hall–Kier alpha value is -2.19. The zero-order chi connectivity index (χ0) is 20.7. The number of likely N-dealkylation sites (tertiary alicyclic amines) is 1. The summed E-state index contributed by atoms with van der Waals surface area (Å²) < 4.78 is 1.97. The van der Waals surface area contributed by atoms with Gasteiger partial charge in [0.1, 0.15) is 5.82 Å². The monoisotopic (exact) mass is 411 g/mol. The molecular formula is C22H33N7O. The van der Waals surface area contributed by atoms with E-state index in [0.29, 0.717) is 18.0 Å². The van der Waals surface area contributed by atoms with E-state index in [1.165, 1.54) is 11.3 Å². The van der Waals surface area contributed by atoms with Crippen LogP contribution in [-0.2, 0) is 17.6 Å². The van der Waals surface area contributed by atoms with Gasteiger partial charge in [-0.1, -0.05) is 13.8 Å².